The molecule has 1 amide bonds. The van der Waals surface area contributed by atoms with Gasteiger partial charge in [-0.1, -0.05) is 13.8 Å². The van der Waals surface area contributed by atoms with E-state index >= 15 is 0 Å². The highest BCUT2D eigenvalue weighted by molar-refractivity contribution is 5.76. The predicted molar refractivity (Wildman–Crippen MR) is 74.8 cm³/mol. The maximum atomic E-state index is 11.8. The number of carbonyl (C=O) groups excluding carboxylic acids is 1. The summed E-state index contributed by atoms with van der Waals surface area (Å²) in [6.45, 7) is 7.61. The smallest absolute Gasteiger partial charge is 0.221 e. The van der Waals surface area contributed by atoms with Gasteiger partial charge in [-0.05, 0) is 25.3 Å². The van der Waals surface area contributed by atoms with Gasteiger partial charge in [0.25, 0.3) is 0 Å². The van der Waals surface area contributed by atoms with Crippen LogP contribution in [0.25, 0.3) is 0 Å². The van der Waals surface area contributed by atoms with Crippen molar-refractivity contribution in [3.63, 3.8) is 0 Å². The van der Waals surface area contributed by atoms with Crippen molar-refractivity contribution in [1.29, 1.82) is 0 Å². The van der Waals surface area contributed by atoms with Crippen LogP contribution in [0, 0.1) is 5.92 Å². The Labute approximate surface area is 115 Å². The fraction of sp³-hybridized carbons (Fsp3) is 0.929. The summed E-state index contributed by atoms with van der Waals surface area (Å²) < 4.78 is 5.81. The molecule has 2 heterocycles. The fourth-order valence-electron chi connectivity index (χ4n) is 2.76. The highest BCUT2D eigenvalue weighted by Gasteiger charge is 2.32. The van der Waals surface area contributed by atoms with Crippen LogP contribution in [0.4, 0.5) is 0 Å². The minimum Gasteiger partial charge on any atom is -0.373 e. The summed E-state index contributed by atoms with van der Waals surface area (Å²) in [4.78, 5) is 14.3. The Kier molecular flexibility index (Phi) is 5.19. The molecule has 2 saturated heterocycles. The van der Waals surface area contributed by atoms with Crippen molar-refractivity contribution in [2.45, 2.75) is 51.3 Å². The number of rotatable bonds is 5. The number of amides is 1. The molecule has 5 nitrogen and oxygen atoms in total. The lowest BCUT2D eigenvalue weighted by Crippen LogP contribution is -2.50. The van der Waals surface area contributed by atoms with E-state index in [1.807, 2.05) is 13.8 Å². The van der Waals surface area contributed by atoms with E-state index in [0.717, 1.165) is 13.2 Å². The van der Waals surface area contributed by atoms with Crippen LogP contribution in [0.5, 0.6) is 0 Å². The zero-order valence-corrected chi connectivity index (χ0v) is 12.1. The molecule has 3 atom stereocenters. The van der Waals surface area contributed by atoms with E-state index in [9.17, 15) is 4.79 Å². The Bertz CT molecular complexity index is 309. The number of morpholine rings is 1. The molecule has 0 bridgehead atoms. The summed E-state index contributed by atoms with van der Waals surface area (Å²) in [5, 5.41) is 2.95. The van der Waals surface area contributed by atoms with Crippen molar-refractivity contribution >= 4 is 5.91 Å². The van der Waals surface area contributed by atoms with Crippen LogP contribution >= 0.6 is 0 Å². The van der Waals surface area contributed by atoms with E-state index in [4.69, 9.17) is 10.5 Å². The molecule has 0 aromatic rings. The topological polar surface area (TPSA) is 67.6 Å². The first-order valence-corrected chi connectivity index (χ1v) is 7.44. The van der Waals surface area contributed by atoms with Gasteiger partial charge in [0.1, 0.15) is 0 Å². The number of nitrogens with one attached hydrogen (secondary N) is 1. The highest BCUT2D eigenvalue weighted by Crippen LogP contribution is 2.22. The zero-order valence-electron chi connectivity index (χ0n) is 12.1. The van der Waals surface area contributed by atoms with Gasteiger partial charge >= 0.3 is 0 Å². The molecule has 0 aliphatic carbocycles. The average Bonchev–Trinajstić information content (AvgIpc) is 2.83. The summed E-state index contributed by atoms with van der Waals surface area (Å²) in [6, 6.07) is 0.552. The number of ether oxygens (including phenoxy) is 1. The number of nitrogens with zero attached hydrogens (tertiary/aromatic N) is 1. The van der Waals surface area contributed by atoms with Gasteiger partial charge in [-0.3, -0.25) is 9.69 Å². The molecule has 110 valence electrons. The standard InChI is InChI=1S/C14H27N3O2/c1-10(2)13(15)6-14(18)16-7-12-8-17-5-3-4-11(17)9-19-12/h10-13H,3-9,15H2,1-2H3,(H,16,18). The van der Waals surface area contributed by atoms with Crippen LogP contribution in [0.3, 0.4) is 0 Å². The van der Waals surface area contributed by atoms with Crippen molar-refractivity contribution in [3.8, 4) is 0 Å². The second-order valence-electron chi connectivity index (χ2n) is 6.16. The number of carbonyl (C=O) groups is 1. The molecule has 0 radical (unpaired) electrons. The normalized spacial score (nSPS) is 29.3. The van der Waals surface area contributed by atoms with E-state index in [1.165, 1.54) is 19.4 Å². The molecule has 2 aliphatic heterocycles. The van der Waals surface area contributed by atoms with Crippen LogP contribution in [0.15, 0.2) is 0 Å². The van der Waals surface area contributed by atoms with Gasteiger partial charge in [-0.25, -0.2) is 0 Å². The first kappa shape index (κ1) is 14.8. The van der Waals surface area contributed by atoms with Crippen LogP contribution < -0.4 is 11.1 Å². The molecule has 0 spiro atoms. The molecule has 3 unspecified atom stereocenters. The zero-order chi connectivity index (χ0) is 13.8. The van der Waals surface area contributed by atoms with E-state index in [0.29, 0.717) is 24.9 Å². The van der Waals surface area contributed by atoms with Crippen molar-refractivity contribution < 1.29 is 9.53 Å². The number of nitrogens with two attached hydrogens (primary N) is 1. The molecule has 5 heteroatoms. The Morgan fingerprint density at radius 3 is 3.05 bits per heavy atom. The lowest BCUT2D eigenvalue weighted by molar-refractivity contribution is -0.123. The molecule has 2 fully saturated rings. The van der Waals surface area contributed by atoms with Crippen molar-refractivity contribution in [2.24, 2.45) is 11.7 Å². The third-order valence-corrected chi connectivity index (χ3v) is 4.27. The summed E-state index contributed by atoms with van der Waals surface area (Å²) in [6.07, 6.45) is 3.06. The molecular weight excluding hydrogens is 242 g/mol. The molecular formula is C14H27N3O2. The largest absolute Gasteiger partial charge is 0.373 e. The summed E-state index contributed by atoms with van der Waals surface area (Å²) in [5.74, 6) is 0.371. The van der Waals surface area contributed by atoms with E-state index in [-0.39, 0.29) is 18.1 Å². The maximum Gasteiger partial charge on any atom is 0.221 e. The van der Waals surface area contributed by atoms with Gasteiger partial charge in [-0.15, -0.1) is 0 Å². The second kappa shape index (κ2) is 6.68. The third-order valence-electron chi connectivity index (χ3n) is 4.27. The summed E-state index contributed by atoms with van der Waals surface area (Å²) in [5.41, 5.74) is 5.90. The van der Waals surface area contributed by atoms with E-state index in [2.05, 4.69) is 10.2 Å². The Balaban J connectivity index is 1.66. The second-order valence-corrected chi connectivity index (χ2v) is 6.16. The van der Waals surface area contributed by atoms with E-state index in [1.54, 1.807) is 0 Å². The molecule has 0 saturated carbocycles. The lowest BCUT2D eigenvalue weighted by Gasteiger charge is -2.35. The van der Waals surface area contributed by atoms with Gasteiger partial charge in [0, 0.05) is 31.6 Å². The van der Waals surface area contributed by atoms with Gasteiger partial charge in [0.2, 0.25) is 5.91 Å². The molecule has 19 heavy (non-hydrogen) atoms. The Hall–Kier alpha value is -0.650. The maximum absolute atomic E-state index is 11.8. The highest BCUT2D eigenvalue weighted by atomic mass is 16.5. The molecule has 0 aromatic heterocycles. The Morgan fingerprint density at radius 1 is 1.53 bits per heavy atom. The van der Waals surface area contributed by atoms with Crippen LogP contribution in [-0.2, 0) is 9.53 Å². The monoisotopic (exact) mass is 269 g/mol. The van der Waals surface area contributed by atoms with Crippen molar-refractivity contribution in [2.75, 3.05) is 26.2 Å². The van der Waals surface area contributed by atoms with Crippen molar-refractivity contribution in [3.05, 3.63) is 0 Å². The molecule has 2 aliphatic rings. The first-order valence-electron chi connectivity index (χ1n) is 7.44. The minimum atomic E-state index is -0.0600. The van der Waals surface area contributed by atoms with E-state index < -0.39 is 0 Å². The minimum absolute atomic E-state index is 0.0355. The summed E-state index contributed by atoms with van der Waals surface area (Å²) >= 11 is 0. The SMILES string of the molecule is CC(C)C(N)CC(=O)NCC1CN2CCCC2CO1. The Morgan fingerprint density at radius 2 is 2.32 bits per heavy atom. The van der Waals surface area contributed by atoms with Crippen LogP contribution in [-0.4, -0.2) is 55.2 Å². The van der Waals surface area contributed by atoms with Gasteiger partial charge < -0.3 is 15.8 Å². The third kappa shape index (κ3) is 4.16. The number of fused-ring (bicyclic) bond motifs is 1. The van der Waals surface area contributed by atoms with Gasteiger partial charge in [-0.2, -0.15) is 0 Å². The molecule has 0 aromatic carbocycles. The quantitative estimate of drug-likeness (QED) is 0.755. The first-order chi connectivity index (χ1) is 9.06. The number of hydrogen-bond acceptors (Lipinski definition) is 4. The van der Waals surface area contributed by atoms with Gasteiger partial charge in [0.15, 0.2) is 0 Å². The van der Waals surface area contributed by atoms with Crippen LogP contribution in [0.1, 0.15) is 33.1 Å². The lowest BCUT2D eigenvalue weighted by atomic mass is 10.0. The average molecular weight is 269 g/mol. The summed E-state index contributed by atoms with van der Waals surface area (Å²) in [7, 11) is 0. The molecule has 3 N–H and O–H groups in total. The van der Waals surface area contributed by atoms with Gasteiger partial charge in [0.05, 0.1) is 12.7 Å². The van der Waals surface area contributed by atoms with Crippen molar-refractivity contribution in [1.82, 2.24) is 10.2 Å². The molecule has 2 rings (SSSR count). The fourth-order valence-corrected chi connectivity index (χ4v) is 2.76. The predicted octanol–water partition coefficient (Wildman–Crippen LogP) is 0.339. The number of hydrogen-bond donors (Lipinski definition) is 2. The van der Waals surface area contributed by atoms with Crippen LogP contribution in [0.2, 0.25) is 0 Å².